The molecular formula is C107H158BBrClN13O26S. The van der Waals surface area contributed by atoms with Crippen LogP contribution in [0.5, 0.6) is 17.2 Å². The molecule has 3 N–H and O–H groups in total. The number of benzene rings is 3. The number of imide groups is 3. The standard InChI is InChI=1S/C24H30N4O4.C19H23N3O3.C16H20BrNO3.C14H23BN2O4.2C11H19NO3.C10H17NO4.CH3ClO2S.CH4/c1-15-6-7-20-21(28(15)24(30)31-2)9-8-19(23(20)32-18-4-3-5-18)16-13-26-27(14-16)17-10-11-25-22(29)12-17;1-12-6-7-16-17(22(12)19(23)24-2)9-8-15(13-10-20-21-11-13)18(16)25-14-4-3-5-14;1-10-6-7-12-14(18(10)16(19)20-2)9-8-13(17)15(12)21-11-4-3-5-11;1-12(2,3)19-11(18)17-9-10(8-16-17)15-20-13(4,5)14(6,7)21-15;2*1-8-5-6-12(9(13)7-8)10(14)15-11(2,3)4;1-10(2,3)15-9(14)11-5-4-7(12)6-8(11)13;1-5(2,3)4;/h8-9,13-15,17-18H,3-7,10-12H2,1-2H3,(H,25,29);8-12,14H,3-7H2,1-2H3,(H,20,21);8-11H,3-7H2,1-2H3;8-9H,1-7H3;2*8H,5-7H2,1-4H3;7,12H,4-6H2,1-3H3;1H3;1H4/t15-,17?;12-;10-;;;;;;/m000....../s1. The van der Waals surface area contributed by atoms with Gasteiger partial charge in [-0.15, -0.1) is 0 Å². The van der Waals surface area contributed by atoms with Crippen LogP contribution in [0.3, 0.4) is 0 Å². The van der Waals surface area contributed by atoms with E-state index in [0.29, 0.717) is 68.7 Å². The van der Waals surface area contributed by atoms with E-state index < -0.39 is 80.3 Å². The summed E-state index contributed by atoms with van der Waals surface area (Å²) < 4.78 is 89.3. The number of fused-ring (bicyclic) bond motifs is 3. The number of anilines is 3. The summed E-state index contributed by atoms with van der Waals surface area (Å²) in [5, 5.41) is 27.6. The predicted molar refractivity (Wildman–Crippen MR) is 573 cm³/mol. The predicted octanol–water partition coefficient (Wildman–Crippen LogP) is 20.1. The van der Waals surface area contributed by atoms with E-state index in [1.165, 1.54) is 50.4 Å². The van der Waals surface area contributed by atoms with E-state index in [1.807, 2.05) is 136 Å². The number of nitrogens with zero attached hydrogens (tertiary/aromatic N) is 11. The summed E-state index contributed by atoms with van der Waals surface area (Å²) in [6.45, 7) is 41.4. The van der Waals surface area contributed by atoms with Crippen molar-refractivity contribution in [3.8, 4) is 39.5 Å². The summed E-state index contributed by atoms with van der Waals surface area (Å²) in [4.78, 5) is 139. The van der Waals surface area contributed by atoms with Crippen LogP contribution in [0, 0.1) is 11.8 Å². The second-order valence-corrected chi connectivity index (χ2v) is 48.4. The van der Waals surface area contributed by atoms with Gasteiger partial charge in [-0.1, -0.05) is 21.3 Å². The van der Waals surface area contributed by atoms with Crippen LogP contribution in [0.1, 0.15) is 304 Å². The monoisotopic (exact) mass is 2200 g/mol. The number of aliphatic hydroxyl groups excluding tert-OH is 1. The molecule has 43 heteroatoms. The number of methoxy groups -OCH3 is 3. The van der Waals surface area contributed by atoms with Crippen LogP contribution in [0.4, 0.5) is 50.6 Å². The number of amides is 10. The summed E-state index contributed by atoms with van der Waals surface area (Å²) in [5.74, 6) is 2.84. The molecule has 3 aromatic heterocycles. The van der Waals surface area contributed by atoms with Crippen LogP contribution in [0.15, 0.2) is 78.1 Å². The Morgan fingerprint density at radius 3 is 1.21 bits per heavy atom. The number of piperidine rings is 4. The molecule has 6 aromatic rings. The fourth-order valence-corrected chi connectivity index (χ4v) is 18.0. The molecule has 11 aliphatic rings. The number of likely N-dealkylation sites (tertiary alicyclic amines) is 3. The third kappa shape index (κ3) is 34.2. The number of hydrogen-bond acceptors (Lipinski definition) is 29. The minimum Gasteiger partial charge on any atom is -0.489 e. The lowest BCUT2D eigenvalue weighted by Crippen LogP contribution is -2.46. The van der Waals surface area contributed by atoms with Gasteiger partial charge in [0, 0.05) is 143 Å². The SMILES string of the molecule is C.CC(C)(C)OC(=O)N1CCC(O)CC1=O.CC(C)(C)OC(=O)n1cc(B2OC(C)(C)C(C)(C)O2)cn1.CC1CCN(C(=O)OC(C)(C)C)C(=O)C1.CC1CCN(C(=O)OC(C)(C)C)C(=O)C1.COC(=O)N1c2ccc(-c3cn[nH]c3)c(OC3CCC3)c2CC[C@@H]1C.COC(=O)N1c2ccc(-c3cnn(C4CCNC(=O)C4)c3)c(OC3CCC3)c2CC[C@@H]1C.COC(=O)N1c2ccc(Br)c(OC3CCC3)c2CC[C@@H]1C.CS(=O)(=O)Cl. The van der Waals surface area contributed by atoms with Crippen LogP contribution >= 0.6 is 26.6 Å². The van der Waals surface area contributed by atoms with Crippen LogP contribution in [0.2, 0.25) is 0 Å². The molecule has 10 amide bonds. The zero-order valence-corrected chi connectivity index (χ0v) is 94.3. The van der Waals surface area contributed by atoms with E-state index in [9.17, 15) is 66.3 Å². The normalized spacial score (nSPS) is 21.4. The molecule has 3 saturated carbocycles. The van der Waals surface area contributed by atoms with Gasteiger partial charge in [-0.2, -0.15) is 20.0 Å². The van der Waals surface area contributed by atoms with Crippen molar-refractivity contribution < 1.29 is 123 Å². The van der Waals surface area contributed by atoms with E-state index in [-0.39, 0.29) is 98.7 Å². The van der Waals surface area contributed by atoms with Crippen molar-refractivity contribution in [2.45, 2.75) is 383 Å². The first-order valence-electron chi connectivity index (χ1n) is 51.5. The Labute approximate surface area is 896 Å². The summed E-state index contributed by atoms with van der Waals surface area (Å²) in [5.41, 5.74) is 7.52. The Bertz CT molecular complexity index is 5620. The molecule has 8 fully saturated rings. The van der Waals surface area contributed by atoms with E-state index in [1.54, 1.807) is 95.6 Å². The van der Waals surface area contributed by atoms with Crippen LogP contribution < -0.4 is 39.7 Å². The van der Waals surface area contributed by atoms with Gasteiger partial charge in [-0.3, -0.25) is 43.7 Å². The molecule has 7 atom stereocenters. The average molecular weight is 2200 g/mol. The molecule has 5 saturated heterocycles. The number of carbonyl (C=O) groups excluding carboxylic acids is 11. The molecule has 3 aliphatic carbocycles. The fraction of sp³-hybridized carbons (Fsp3) is 0.645. The first kappa shape index (κ1) is 122. The number of aliphatic hydroxyl groups is 1. The van der Waals surface area contributed by atoms with Gasteiger partial charge in [-0.25, -0.2) is 56.7 Å². The molecule has 0 spiro atoms. The van der Waals surface area contributed by atoms with E-state index >= 15 is 0 Å². The van der Waals surface area contributed by atoms with Gasteiger partial charge in [0.25, 0.3) is 0 Å². The van der Waals surface area contributed by atoms with Crippen molar-refractivity contribution >= 4 is 132 Å². The molecule has 17 rings (SSSR count). The smallest absolute Gasteiger partial charge is 0.489 e. The molecule has 39 nitrogen and oxygen atoms in total. The first-order valence-corrected chi connectivity index (χ1v) is 55.0. The highest BCUT2D eigenvalue weighted by atomic mass is 79.9. The average Bonchev–Trinajstić information content (AvgIpc) is 1.09. The molecule has 0 bridgehead atoms. The van der Waals surface area contributed by atoms with Crippen molar-refractivity contribution in [3.05, 3.63) is 94.7 Å². The maximum absolute atomic E-state index is 12.5. The topological polar surface area (TPSA) is 449 Å². The molecule has 830 valence electrons. The van der Waals surface area contributed by atoms with Gasteiger partial charge < -0.3 is 67.1 Å². The van der Waals surface area contributed by atoms with Gasteiger partial charge in [0.05, 0.1) is 110 Å². The van der Waals surface area contributed by atoms with Crippen LogP contribution in [-0.4, -0.2) is 261 Å². The number of aromatic amines is 1. The lowest BCUT2D eigenvalue weighted by molar-refractivity contribution is -0.136. The third-order valence-electron chi connectivity index (χ3n) is 26.9. The largest absolute Gasteiger partial charge is 0.498 e. The molecule has 8 aliphatic heterocycles. The molecule has 4 unspecified atom stereocenters. The maximum Gasteiger partial charge on any atom is 0.498 e. The van der Waals surface area contributed by atoms with E-state index in [0.717, 1.165) is 190 Å². The lowest BCUT2D eigenvalue weighted by atomic mass is 9.82. The van der Waals surface area contributed by atoms with Crippen molar-refractivity contribution in [1.82, 2.24) is 49.8 Å². The number of hydrogen-bond donors (Lipinski definition) is 3. The zero-order chi connectivity index (χ0) is 110. The summed E-state index contributed by atoms with van der Waals surface area (Å²) in [6.07, 6.45) is 28.5. The van der Waals surface area contributed by atoms with Crippen molar-refractivity contribution in [2.24, 2.45) is 11.8 Å². The van der Waals surface area contributed by atoms with Gasteiger partial charge in [0.2, 0.25) is 32.7 Å². The summed E-state index contributed by atoms with van der Waals surface area (Å²) in [6, 6.07) is 12.4. The number of nitrogens with one attached hydrogen (secondary N) is 2. The number of aromatic nitrogens is 6. The van der Waals surface area contributed by atoms with Crippen LogP contribution in [0.25, 0.3) is 22.3 Å². The minimum absolute atomic E-state index is 0. The van der Waals surface area contributed by atoms with Gasteiger partial charge in [0.1, 0.15) is 39.7 Å². The van der Waals surface area contributed by atoms with Crippen molar-refractivity contribution in [1.29, 1.82) is 0 Å². The quantitative estimate of drug-likeness (QED) is 0.0651. The van der Waals surface area contributed by atoms with Crippen molar-refractivity contribution in [3.63, 3.8) is 0 Å². The Morgan fingerprint density at radius 1 is 0.480 bits per heavy atom. The zero-order valence-electron chi connectivity index (χ0n) is 91.1. The third-order valence-corrected chi connectivity index (χ3v) is 27.5. The second-order valence-electron chi connectivity index (χ2n) is 44.5. The maximum atomic E-state index is 12.5. The van der Waals surface area contributed by atoms with Gasteiger partial charge >= 0.3 is 49.8 Å². The highest BCUT2D eigenvalue weighted by Crippen LogP contribution is 2.49. The fourth-order valence-electron chi connectivity index (χ4n) is 17.6. The number of carbonyl (C=O) groups is 11. The highest BCUT2D eigenvalue weighted by Gasteiger charge is 2.53. The number of rotatable bonds is 10. The number of ether oxygens (including phenoxy) is 10. The molecule has 3 aromatic carbocycles. The van der Waals surface area contributed by atoms with E-state index in [4.69, 9.17) is 56.7 Å². The van der Waals surface area contributed by atoms with Crippen LogP contribution in [-0.2, 0) is 90.0 Å². The summed E-state index contributed by atoms with van der Waals surface area (Å²) >= 11 is 3.59. The summed E-state index contributed by atoms with van der Waals surface area (Å²) in [7, 11) is 5.04. The molecule has 150 heavy (non-hydrogen) atoms. The highest BCUT2D eigenvalue weighted by molar-refractivity contribution is 9.10. The number of H-pyrrole nitrogens is 1. The second kappa shape index (κ2) is 52.5. The Balaban J connectivity index is 0.000000196. The van der Waals surface area contributed by atoms with E-state index in [2.05, 4.69) is 59.2 Å². The minimum atomic E-state index is -3.19. The van der Waals surface area contributed by atoms with Gasteiger partial charge in [-0.05, 0) is 318 Å². The molecular weight excluding hydrogens is 2040 g/mol. The Morgan fingerprint density at radius 2 is 0.853 bits per heavy atom. The van der Waals surface area contributed by atoms with Gasteiger partial charge in [0.15, 0.2) is 0 Å². The first-order chi connectivity index (χ1) is 69.6. The number of halogens is 2. The molecule has 0 radical (unpaired) electrons. The van der Waals surface area contributed by atoms with Crippen molar-refractivity contribution in [2.75, 3.05) is 68.5 Å². The molecule has 11 heterocycles. The Kier molecular flexibility index (Phi) is 42.9. The lowest BCUT2D eigenvalue weighted by Gasteiger charge is -2.37. The Hall–Kier alpha value is -11.1.